The zero-order valence-electron chi connectivity index (χ0n) is 14.4. The van der Waals surface area contributed by atoms with Crippen molar-refractivity contribution in [3.05, 3.63) is 82.1 Å². The van der Waals surface area contributed by atoms with Crippen LogP contribution in [0.4, 0.5) is 5.69 Å². The van der Waals surface area contributed by atoms with E-state index in [-0.39, 0.29) is 4.73 Å². The summed E-state index contributed by atoms with van der Waals surface area (Å²) in [6, 6.07) is 17.8. The Morgan fingerprint density at radius 1 is 1.04 bits per heavy atom. The second kappa shape index (κ2) is 7.14. The minimum absolute atomic E-state index is 0.205. The number of benzene rings is 2. The first-order valence-corrected chi connectivity index (χ1v) is 7.99. The smallest absolute Gasteiger partial charge is 0.286 e. The van der Waals surface area contributed by atoms with Crippen molar-refractivity contribution >= 4 is 11.4 Å². The fourth-order valence-corrected chi connectivity index (χ4v) is 2.64. The maximum absolute atomic E-state index is 11.5. The third-order valence-electron chi connectivity index (χ3n) is 3.82. The maximum atomic E-state index is 11.5. The number of ether oxygens (including phenoxy) is 1. The molecule has 2 aromatic carbocycles. The van der Waals surface area contributed by atoms with E-state index in [1.54, 1.807) is 26.0 Å². The normalized spacial score (nSPS) is 11.4. The van der Waals surface area contributed by atoms with Crippen LogP contribution in [0.15, 0.2) is 70.5 Å². The maximum Gasteiger partial charge on any atom is 0.286 e. The molecule has 2 N–H and O–H groups in total. The Morgan fingerprint density at radius 3 is 2.46 bits per heavy atom. The van der Waals surface area contributed by atoms with E-state index < -0.39 is 11.4 Å². The Kier molecular flexibility index (Phi) is 4.75. The van der Waals surface area contributed by atoms with Gasteiger partial charge in [-0.05, 0) is 43.7 Å². The first-order chi connectivity index (χ1) is 12.5. The molecule has 3 rings (SSSR count). The van der Waals surface area contributed by atoms with Gasteiger partial charge in [-0.2, -0.15) is 0 Å². The van der Waals surface area contributed by atoms with Crippen molar-refractivity contribution in [3.8, 4) is 17.4 Å². The van der Waals surface area contributed by atoms with Gasteiger partial charge >= 0.3 is 0 Å². The monoisotopic (exact) mass is 350 g/mol. The van der Waals surface area contributed by atoms with Crippen LogP contribution in [-0.4, -0.2) is 20.8 Å². The summed E-state index contributed by atoms with van der Waals surface area (Å²) in [7, 11) is 0. The number of aromatic nitrogens is 1. The van der Waals surface area contributed by atoms with E-state index >= 15 is 0 Å². The molecule has 0 atom stereocenters. The number of nitrogens with zero attached hydrogens (tertiary/aromatic N) is 2. The fraction of sp³-hybridized carbons (Fsp3) is 0.100. The summed E-state index contributed by atoms with van der Waals surface area (Å²) in [5, 5.41) is 19.7. The average Bonchev–Trinajstić information content (AvgIpc) is 2.61. The number of pyridine rings is 1. The number of hydrogen-bond donors (Lipinski definition) is 2. The molecule has 0 saturated carbocycles. The predicted molar refractivity (Wildman–Crippen MR) is 99.1 cm³/mol. The highest BCUT2D eigenvalue weighted by atomic mass is 16.5. The van der Waals surface area contributed by atoms with Gasteiger partial charge in [-0.25, -0.2) is 0 Å². The zero-order valence-corrected chi connectivity index (χ0v) is 14.4. The highest BCUT2D eigenvalue weighted by molar-refractivity contribution is 6.03. The van der Waals surface area contributed by atoms with E-state index in [2.05, 4.69) is 4.99 Å². The van der Waals surface area contributed by atoms with Gasteiger partial charge in [-0.3, -0.25) is 9.79 Å². The van der Waals surface area contributed by atoms with Crippen molar-refractivity contribution in [1.29, 1.82) is 0 Å². The predicted octanol–water partition coefficient (Wildman–Crippen LogP) is 4.03. The van der Waals surface area contributed by atoms with Gasteiger partial charge in [0.15, 0.2) is 0 Å². The Bertz CT molecular complexity index is 1020. The minimum atomic E-state index is -0.699. The van der Waals surface area contributed by atoms with E-state index in [0.29, 0.717) is 34.0 Å². The lowest BCUT2D eigenvalue weighted by molar-refractivity contribution is 0.143. The molecule has 6 heteroatoms. The van der Waals surface area contributed by atoms with Crippen molar-refractivity contribution < 1.29 is 15.1 Å². The number of aromatic hydroxyl groups is 1. The molecule has 6 nitrogen and oxygen atoms in total. The van der Waals surface area contributed by atoms with Crippen molar-refractivity contribution in [1.82, 2.24) is 4.73 Å². The molecule has 0 aliphatic carbocycles. The molecule has 0 aliphatic rings. The quantitative estimate of drug-likeness (QED) is 0.549. The molecular weight excluding hydrogens is 332 g/mol. The van der Waals surface area contributed by atoms with Crippen molar-refractivity contribution in [2.24, 2.45) is 4.99 Å². The van der Waals surface area contributed by atoms with E-state index in [9.17, 15) is 15.1 Å². The summed E-state index contributed by atoms with van der Waals surface area (Å²) in [4.78, 5) is 16.0. The van der Waals surface area contributed by atoms with Crippen LogP contribution in [0.2, 0.25) is 0 Å². The number of para-hydroxylation sites is 1. The Morgan fingerprint density at radius 2 is 1.73 bits per heavy atom. The SMILES string of the molecule is CC(=Nc1cccc(Oc2ccccc2)c1)c1c(C)cc(=O)n(O)c1O. The van der Waals surface area contributed by atoms with Crippen LogP contribution in [0.5, 0.6) is 17.4 Å². The summed E-state index contributed by atoms with van der Waals surface area (Å²) >= 11 is 0. The lowest BCUT2D eigenvalue weighted by Crippen LogP contribution is -2.20. The molecule has 26 heavy (non-hydrogen) atoms. The minimum Gasteiger partial charge on any atom is -0.492 e. The first kappa shape index (κ1) is 17.3. The Labute approximate surface area is 150 Å². The fourth-order valence-electron chi connectivity index (χ4n) is 2.64. The van der Waals surface area contributed by atoms with Crippen LogP contribution in [0, 0.1) is 6.92 Å². The molecule has 0 saturated heterocycles. The topological polar surface area (TPSA) is 84.0 Å². The summed E-state index contributed by atoms with van der Waals surface area (Å²) in [6.07, 6.45) is 0. The second-order valence-corrected chi connectivity index (χ2v) is 5.79. The molecule has 0 amide bonds. The van der Waals surface area contributed by atoms with Crippen molar-refractivity contribution in [3.63, 3.8) is 0 Å². The molecule has 1 aromatic heterocycles. The lowest BCUT2D eigenvalue weighted by atomic mass is 10.1. The summed E-state index contributed by atoms with van der Waals surface area (Å²) < 4.78 is 5.99. The van der Waals surface area contributed by atoms with Gasteiger partial charge < -0.3 is 15.1 Å². The third kappa shape index (κ3) is 3.59. The highest BCUT2D eigenvalue weighted by Gasteiger charge is 2.15. The van der Waals surface area contributed by atoms with E-state index in [4.69, 9.17) is 4.74 Å². The van der Waals surface area contributed by atoms with Gasteiger partial charge in [0.25, 0.3) is 5.56 Å². The molecule has 3 aromatic rings. The molecular formula is C20H18N2O4. The number of rotatable bonds is 4. The van der Waals surface area contributed by atoms with Crippen LogP contribution >= 0.6 is 0 Å². The number of aliphatic imine (C=N–C) groups is 1. The van der Waals surface area contributed by atoms with Crippen LogP contribution in [0.1, 0.15) is 18.1 Å². The summed E-state index contributed by atoms with van der Waals surface area (Å²) in [5.74, 6) is 0.803. The third-order valence-corrected chi connectivity index (χ3v) is 3.82. The van der Waals surface area contributed by atoms with E-state index in [1.807, 2.05) is 42.5 Å². The van der Waals surface area contributed by atoms with Crippen LogP contribution in [0.3, 0.4) is 0 Å². The zero-order chi connectivity index (χ0) is 18.7. The molecule has 0 bridgehead atoms. The molecule has 0 unspecified atom stereocenters. The first-order valence-electron chi connectivity index (χ1n) is 7.99. The van der Waals surface area contributed by atoms with Crippen LogP contribution < -0.4 is 10.3 Å². The molecule has 132 valence electrons. The summed E-state index contributed by atoms with van der Waals surface area (Å²) in [6.45, 7) is 3.36. The molecule has 0 spiro atoms. The van der Waals surface area contributed by atoms with Gasteiger partial charge in [-0.15, -0.1) is 4.73 Å². The van der Waals surface area contributed by atoms with Crippen LogP contribution in [0.25, 0.3) is 0 Å². The van der Waals surface area contributed by atoms with Gasteiger partial charge in [0.05, 0.1) is 17.0 Å². The van der Waals surface area contributed by atoms with Crippen molar-refractivity contribution in [2.45, 2.75) is 13.8 Å². The van der Waals surface area contributed by atoms with Gasteiger partial charge in [0.1, 0.15) is 11.5 Å². The van der Waals surface area contributed by atoms with Gasteiger partial charge in [-0.1, -0.05) is 24.3 Å². The Hall–Kier alpha value is -3.54. The molecule has 0 fully saturated rings. The van der Waals surface area contributed by atoms with E-state index in [1.165, 1.54) is 6.07 Å². The second-order valence-electron chi connectivity index (χ2n) is 5.79. The van der Waals surface area contributed by atoms with Crippen molar-refractivity contribution in [2.75, 3.05) is 0 Å². The molecule has 0 radical (unpaired) electrons. The molecule has 0 aliphatic heterocycles. The average molecular weight is 350 g/mol. The van der Waals surface area contributed by atoms with Gasteiger partial charge in [0, 0.05) is 12.1 Å². The highest BCUT2D eigenvalue weighted by Crippen LogP contribution is 2.27. The standard InChI is InChI=1S/C20H18N2O4/c1-13-11-18(23)22(25)20(24)19(13)14(2)21-15-7-6-10-17(12-15)26-16-8-4-3-5-9-16/h3-12,24-25H,1-2H3. The molecule has 1 heterocycles. The van der Waals surface area contributed by atoms with E-state index in [0.717, 1.165) is 0 Å². The number of hydrogen-bond acceptors (Lipinski definition) is 5. The van der Waals surface area contributed by atoms with Crippen LogP contribution in [-0.2, 0) is 0 Å². The Balaban J connectivity index is 1.94. The number of aryl methyl sites for hydroxylation is 1. The largest absolute Gasteiger partial charge is 0.492 e. The van der Waals surface area contributed by atoms with Gasteiger partial charge in [0.2, 0.25) is 5.88 Å². The lowest BCUT2D eigenvalue weighted by Gasteiger charge is -2.10. The summed E-state index contributed by atoms with van der Waals surface area (Å²) in [5.41, 5.74) is 1.21.